The largest absolute Gasteiger partial charge is 0.282 e. The van der Waals surface area contributed by atoms with Gasteiger partial charge in [0.2, 0.25) is 10.0 Å². The normalized spacial score (nSPS) is 12.0. The Morgan fingerprint density at radius 2 is 1.43 bits per heavy atom. The van der Waals surface area contributed by atoms with Gasteiger partial charge in [-0.05, 0) is 30.3 Å². The summed E-state index contributed by atoms with van der Waals surface area (Å²) in [5, 5.41) is 0. The molecule has 23 heavy (non-hydrogen) atoms. The predicted molar refractivity (Wildman–Crippen MR) is 82.1 cm³/mol. The van der Waals surface area contributed by atoms with Crippen LogP contribution in [-0.4, -0.2) is 23.1 Å². The van der Waals surface area contributed by atoms with Crippen LogP contribution < -0.4 is 9.44 Å². The third-order valence-electron chi connectivity index (χ3n) is 2.65. The van der Waals surface area contributed by atoms with Gasteiger partial charge in [0.25, 0.3) is 10.0 Å². The highest BCUT2D eigenvalue weighted by Crippen LogP contribution is 2.26. The molecular weight excluding hydrogens is 350 g/mol. The molecule has 0 unspecified atom stereocenters. The quantitative estimate of drug-likeness (QED) is 0.852. The molecule has 2 aromatic rings. The lowest BCUT2D eigenvalue weighted by Crippen LogP contribution is -2.17. The Morgan fingerprint density at radius 3 is 2.00 bits per heavy atom. The highest BCUT2D eigenvalue weighted by Gasteiger charge is 2.21. The first-order valence-electron chi connectivity index (χ1n) is 6.13. The van der Waals surface area contributed by atoms with E-state index in [1.165, 1.54) is 24.3 Å². The van der Waals surface area contributed by atoms with E-state index < -0.39 is 36.6 Å². The zero-order chi connectivity index (χ0) is 17.3. The Balaban J connectivity index is 2.44. The summed E-state index contributed by atoms with van der Waals surface area (Å²) >= 11 is 0. The standard InChI is InChI=1S/C13H12F2N2O4S2/c1-22(18,19)16-11-4-2-3-5-12(11)17-23(20,21)13-8-9(14)6-7-10(13)15/h2-8,16-17H,1H3. The van der Waals surface area contributed by atoms with Crippen LogP contribution in [0.1, 0.15) is 0 Å². The van der Waals surface area contributed by atoms with E-state index in [9.17, 15) is 25.6 Å². The van der Waals surface area contributed by atoms with Gasteiger partial charge in [-0.3, -0.25) is 9.44 Å². The van der Waals surface area contributed by atoms with Crippen molar-refractivity contribution in [2.24, 2.45) is 0 Å². The minimum atomic E-state index is -4.44. The number of halogens is 2. The van der Waals surface area contributed by atoms with Gasteiger partial charge in [-0.2, -0.15) is 0 Å². The van der Waals surface area contributed by atoms with Crippen molar-refractivity contribution in [3.8, 4) is 0 Å². The van der Waals surface area contributed by atoms with Gasteiger partial charge in [0, 0.05) is 0 Å². The predicted octanol–water partition coefficient (Wildman–Crippen LogP) is 2.14. The maximum Gasteiger partial charge on any atom is 0.264 e. The molecule has 0 amide bonds. The molecule has 124 valence electrons. The van der Waals surface area contributed by atoms with Crippen LogP contribution in [0.4, 0.5) is 20.2 Å². The summed E-state index contributed by atoms with van der Waals surface area (Å²) in [5.74, 6) is -2.05. The lowest BCUT2D eigenvalue weighted by atomic mass is 10.3. The maximum absolute atomic E-state index is 13.6. The van der Waals surface area contributed by atoms with Crippen LogP contribution in [0.3, 0.4) is 0 Å². The van der Waals surface area contributed by atoms with Gasteiger partial charge in [0.1, 0.15) is 16.5 Å². The highest BCUT2D eigenvalue weighted by molar-refractivity contribution is 7.93. The Bertz CT molecular complexity index is 944. The molecule has 2 N–H and O–H groups in total. The van der Waals surface area contributed by atoms with Gasteiger partial charge in [0.15, 0.2) is 0 Å². The van der Waals surface area contributed by atoms with E-state index in [1.54, 1.807) is 0 Å². The summed E-state index contributed by atoms with van der Waals surface area (Å²) < 4.78 is 77.9. The van der Waals surface area contributed by atoms with Gasteiger partial charge < -0.3 is 0 Å². The summed E-state index contributed by atoms with van der Waals surface area (Å²) in [7, 11) is -8.10. The van der Waals surface area contributed by atoms with Crippen molar-refractivity contribution in [3.05, 3.63) is 54.1 Å². The molecule has 0 aromatic heterocycles. The Kier molecular flexibility index (Phi) is 4.57. The average Bonchev–Trinajstić information content (AvgIpc) is 2.42. The molecule has 0 saturated heterocycles. The number of benzene rings is 2. The van der Waals surface area contributed by atoms with Crippen molar-refractivity contribution in [2.45, 2.75) is 4.90 Å². The minimum absolute atomic E-state index is 0.0459. The number of para-hydroxylation sites is 2. The van der Waals surface area contributed by atoms with E-state index in [0.29, 0.717) is 12.1 Å². The van der Waals surface area contributed by atoms with Crippen molar-refractivity contribution in [3.63, 3.8) is 0 Å². The van der Waals surface area contributed by atoms with E-state index in [1.807, 2.05) is 4.72 Å². The van der Waals surface area contributed by atoms with E-state index in [4.69, 9.17) is 0 Å². The fourth-order valence-electron chi connectivity index (χ4n) is 1.74. The molecule has 2 rings (SSSR count). The fraction of sp³-hybridized carbons (Fsp3) is 0.0769. The van der Waals surface area contributed by atoms with Crippen LogP contribution in [0.25, 0.3) is 0 Å². The molecule has 6 nitrogen and oxygen atoms in total. The van der Waals surface area contributed by atoms with E-state index in [2.05, 4.69) is 4.72 Å². The van der Waals surface area contributed by atoms with Crippen LogP contribution in [-0.2, 0) is 20.0 Å². The van der Waals surface area contributed by atoms with Gasteiger partial charge in [-0.1, -0.05) is 12.1 Å². The molecule has 0 aliphatic carbocycles. The lowest BCUT2D eigenvalue weighted by Gasteiger charge is -2.13. The second-order valence-corrected chi connectivity index (χ2v) is 8.00. The second-order valence-electron chi connectivity index (χ2n) is 4.60. The van der Waals surface area contributed by atoms with Gasteiger partial charge in [0.05, 0.1) is 17.6 Å². The van der Waals surface area contributed by atoms with Gasteiger partial charge in [-0.15, -0.1) is 0 Å². The molecule has 0 radical (unpaired) electrons. The zero-order valence-corrected chi connectivity index (χ0v) is 13.4. The first kappa shape index (κ1) is 17.2. The smallest absolute Gasteiger partial charge is 0.264 e. The summed E-state index contributed by atoms with van der Waals surface area (Å²) in [4.78, 5) is -0.883. The molecule has 0 aliphatic heterocycles. The number of nitrogens with one attached hydrogen (secondary N) is 2. The summed E-state index contributed by atoms with van der Waals surface area (Å²) in [6, 6.07) is 7.53. The summed E-state index contributed by atoms with van der Waals surface area (Å²) in [6.07, 6.45) is 0.893. The lowest BCUT2D eigenvalue weighted by molar-refractivity contribution is 0.555. The second kappa shape index (κ2) is 6.13. The van der Waals surface area contributed by atoms with Crippen LogP contribution in [0.2, 0.25) is 0 Å². The maximum atomic E-state index is 13.6. The van der Waals surface area contributed by atoms with E-state index >= 15 is 0 Å². The first-order chi connectivity index (χ1) is 10.6. The van der Waals surface area contributed by atoms with Crippen molar-refractivity contribution < 1.29 is 25.6 Å². The number of hydrogen-bond donors (Lipinski definition) is 2. The van der Waals surface area contributed by atoms with Crippen LogP contribution in [0.15, 0.2) is 47.4 Å². The van der Waals surface area contributed by atoms with Crippen molar-refractivity contribution >= 4 is 31.4 Å². The zero-order valence-electron chi connectivity index (χ0n) is 11.7. The third kappa shape index (κ3) is 4.39. The molecule has 2 aromatic carbocycles. The summed E-state index contributed by atoms with van der Waals surface area (Å²) in [5.41, 5.74) is -0.169. The Morgan fingerprint density at radius 1 is 0.870 bits per heavy atom. The number of rotatable bonds is 5. The highest BCUT2D eigenvalue weighted by atomic mass is 32.2. The Labute approximate surface area is 132 Å². The number of anilines is 2. The summed E-state index contributed by atoms with van der Waals surface area (Å²) in [6.45, 7) is 0. The van der Waals surface area contributed by atoms with Crippen molar-refractivity contribution in [1.82, 2.24) is 0 Å². The molecule has 0 fully saturated rings. The molecular formula is C13H12F2N2O4S2. The SMILES string of the molecule is CS(=O)(=O)Nc1ccccc1NS(=O)(=O)c1cc(F)ccc1F. The Hall–Kier alpha value is -2.20. The van der Waals surface area contributed by atoms with Crippen LogP contribution in [0, 0.1) is 11.6 Å². The third-order valence-corrected chi connectivity index (χ3v) is 4.62. The van der Waals surface area contributed by atoms with Gasteiger partial charge >= 0.3 is 0 Å². The van der Waals surface area contributed by atoms with E-state index in [-0.39, 0.29) is 11.4 Å². The van der Waals surface area contributed by atoms with Gasteiger partial charge in [-0.25, -0.2) is 25.6 Å². The molecule has 0 aliphatic rings. The number of sulfonamides is 2. The minimum Gasteiger partial charge on any atom is -0.282 e. The van der Waals surface area contributed by atoms with Crippen LogP contribution >= 0.6 is 0 Å². The van der Waals surface area contributed by atoms with Crippen molar-refractivity contribution in [2.75, 3.05) is 15.7 Å². The fourth-order valence-corrected chi connectivity index (χ4v) is 3.49. The topological polar surface area (TPSA) is 92.3 Å². The molecule has 10 heteroatoms. The van der Waals surface area contributed by atoms with Crippen LogP contribution in [0.5, 0.6) is 0 Å². The molecule has 0 atom stereocenters. The first-order valence-corrected chi connectivity index (χ1v) is 9.51. The number of hydrogen-bond acceptors (Lipinski definition) is 4. The monoisotopic (exact) mass is 362 g/mol. The molecule has 0 bridgehead atoms. The average molecular weight is 362 g/mol. The molecule has 0 heterocycles. The molecule has 0 saturated carbocycles. The molecule has 0 spiro atoms. The van der Waals surface area contributed by atoms with Crippen molar-refractivity contribution in [1.29, 1.82) is 0 Å². The van der Waals surface area contributed by atoms with E-state index in [0.717, 1.165) is 12.3 Å².